The number of nitrogens with zero attached hydrogens (tertiary/aromatic N) is 1. The van der Waals surface area contributed by atoms with Gasteiger partial charge in [0, 0.05) is 0 Å². The molecule has 104 valence electrons. The van der Waals surface area contributed by atoms with Gasteiger partial charge in [0.15, 0.2) is 6.10 Å². The minimum Gasteiger partial charge on any atom is -0.438 e. The topological polar surface area (TPSA) is 29.5 Å². The summed E-state index contributed by atoms with van der Waals surface area (Å²) in [5.74, 6) is 0. The van der Waals surface area contributed by atoms with E-state index in [4.69, 9.17) is 4.74 Å². The van der Waals surface area contributed by atoms with Gasteiger partial charge < -0.3 is 4.74 Å². The zero-order valence-electron chi connectivity index (χ0n) is 11.5. The molecule has 2 atom stereocenters. The number of amides is 1. The summed E-state index contributed by atoms with van der Waals surface area (Å²) in [6.45, 7) is 3.55. The van der Waals surface area contributed by atoms with Crippen LogP contribution in [0.5, 0.6) is 0 Å². The summed E-state index contributed by atoms with van der Waals surface area (Å²) in [4.78, 5) is 13.7. The molecule has 1 fully saturated rings. The van der Waals surface area contributed by atoms with Crippen LogP contribution in [0.25, 0.3) is 0 Å². The molecule has 1 amide bonds. The Morgan fingerprint density at radius 2 is 1.57 bits per heavy atom. The fraction of sp³-hybridized carbons (Fsp3) is 0.111. The molecule has 2 aromatic rings. The molecule has 0 aliphatic carbocycles. The van der Waals surface area contributed by atoms with Gasteiger partial charge >= 0.3 is 6.09 Å². The van der Waals surface area contributed by atoms with E-state index < -0.39 is 0 Å². The van der Waals surface area contributed by atoms with Gasteiger partial charge in [-0.15, -0.1) is 5.73 Å². The van der Waals surface area contributed by atoms with Gasteiger partial charge in [0.1, 0.15) is 6.04 Å². The average molecular weight is 277 g/mol. The number of rotatable bonds is 3. The van der Waals surface area contributed by atoms with Crippen LogP contribution in [0.2, 0.25) is 0 Å². The lowest BCUT2D eigenvalue weighted by atomic mass is 9.96. The van der Waals surface area contributed by atoms with Crippen LogP contribution in [-0.4, -0.2) is 11.0 Å². The summed E-state index contributed by atoms with van der Waals surface area (Å²) < 4.78 is 5.57. The van der Waals surface area contributed by atoms with Gasteiger partial charge in [0.25, 0.3) is 0 Å². The van der Waals surface area contributed by atoms with Crippen LogP contribution in [0.1, 0.15) is 23.3 Å². The third kappa shape index (κ3) is 2.47. The van der Waals surface area contributed by atoms with Gasteiger partial charge in [-0.05, 0) is 11.1 Å². The number of benzene rings is 2. The monoisotopic (exact) mass is 277 g/mol. The van der Waals surface area contributed by atoms with Crippen molar-refractivity contribution >= 4 is 6.09 Å². The number of cyclic esters (lactones) is 1. The van der Waals surface area contributed by atoms with Crippen LogP contribution in [0, 0.1) is 0 Å². The molecule has 2 aromatic carbocycles. The maximum Gasteiger partial charge on any atom is 0.415 e. The quantitative estimate of drug-likeness (QED) is 0.786. The van der Waals surface area contributed by atoms with Crippen molar-refractivity contribution < 1.29 is 9.53 Å². The van der Waals surface area contributed by atoms with Crippen molar-refractivity contribution in [3.63, 3.8) is 0 Å². The molecule has 21 heavy (non-hydrogen) atoms. The summed E-state index contributed by atoms with van der Waals surface area (Å²) >= 11 is 0. The van der Waals surface area contributed by atoms with Crippen molar-refractivity contribution in [3.05, 3.63) is 90.3 Å². The Balaban J connectivity index is 2.07. The molecular formula is C18H15NO2. The van der Waals surface area contributed by atoms with E-state index in [0.29, 0.717) is 0 Å². The molecule has 1 heterocycles. The number of hydrogen-bond donors (Lipinski definition) is 0. The summed E-state index contributed by atoms with van der Waals surface area (Å²) in [7, 11) is 0. The molecule has 0 N–H and O–H groups in total. The second-order valence-electron chi connectivity index (χ2n) is 4.81. The van der Waals surface area contributed by atoms with Gasteiger partial charge in [-0.2, -0.15) is 0 Å². The predicted molar refractivity (Wildman–Crippen MR) is 80.4 cm³/mol. The maximum atomic E-state index is 12.1. The molecule has 0 aromatic heterocycles. The molecule has 3 rings (SSSR count). The standard InChI is InChI=1S/C18H15NO2/c1-2-13-19-16(14-9-5-3-6-10-14)17(21-18(19)20)15-11-7-4-8-12-15/h3-13,16-17H,1H2/t16-,17+/m0/s1. The highest BCUT2D eigenvalue weighted by atomic mass is 16.6. The summed E-state index contributed by atoms with van der Waals surface area (Å²) in [6, 6.07) is 19.4. The fourth-order valence-electron chi connectivity index (χ4n) is 2.60. The van der Waals surface area contributed by atoms with Crippen molar-refractivity contribution in [3.8, 4) is 0 Å². The Kier molecular flexibility index (Phi) is 3.59. The minimum absolute atomic E-state index is 0.213. The lowest BCUT2D eigenvalue weighted by molar-refractivity contribution is 0.131. The minimum atomic E-state index is -0.381. The number of carbonyl (C=O) groups is 1. The molecule has 1 aliphatic heterocycles. The van der Waals surface area contributed by atoms with Gasteiger partial charge in [-0.3, -0.25) is 4.90 Å². The number of carbonyl (C=O) groups excluding carboxylic acids is 1. The fourth-order valence-corrected chi connectivity index (χ4v) is 2.60. The smallest absolute Gasteiger partial charge is 0.415 e. The van der Waals surface area contributed by atoms with Gasteiger partial charge in [0.05, 0.1) is 6.20 Å². The number of ether oxygens (including phenoxy) is 1. The van der Waals surface area contributed by atoms with E-state index in [9.17, 15) is 4.79 Å². The molecule has 3 nitrogen and oxygen atoms in total. The van der Waals surface area contributed by atoms with E-state index in [2.05, 4.69) is 12.3 Å². The predicted octanol–water partition coefficient (Wildman–Crippen LogP) is 4.22. The molecule has 3 heteroatoms. The van der Waals surface area contributed by atoms with E-state index in [-0.39, 0.29) is 18.2 Å². The molecule has 1 aliphatic rings. The molecule has 0 spiro atoms. The molecule has 0 bridgehead atoms. The highest BCUT2D eigenvalue weighted by Gasteiger charge is 2.42. The van der Waals surface area contributed by atoms with Crippen LogP contribution in [0.15, 0.2) is 79.2 Å². The Labute approximate surface area is 123 Å². The highest BCUT2D eigenvalue weighted by molar-refractivity contribution is 5.73. The zero-order valence-corrected chi connectivity index (χ0v) is 11.5. The van der Waals surface area contributed by atoms with Crippen LogP contribution in [0.4, 0.5) is 4.79 Å². The van der Waals surface area contributed by atoms with Crippen molar-refractivity contribution in [2.45, 2.75) is 12.1 Å². The largest absolute Gasteiger partial charge is 0.438 e. The molecular weight excluding hydrogens is 262 g/mol. The van der Waals surface area contributed by atoms with Crippen LogP contribution >= 0.6 is 0 Å². The van der Waals surface area contributed by atoms with E-state index >= 15 is 0 Å². The second kappa shape index (κ2) is 5.70. The third-order valence-corrected chi connectivity index (χ3v) is 3.52. The normalized spacial score (nSPS) is 20.8. The SMILES string of the molecule is C=C=CN1C(=O)O[C@H](c2ccccc2)[C@@H]1c1ccccc1. The van der Waals surface area contributed by atoms with Gasteiger partial charge in [-0.1, -0.05) is 67.2 Å². The average Bonchev–Trinajstić information content (AvgIpc) is 2.86. The zero-order chi connectivity index (χ0) is 14.7. The lowest BCUT2D eigenvalue weighted by Crippen LogP contribution is -2.22. The first kappa shape index (κ1) is 13.2. The van der Waals surface area contributed by atoms with Crippen molar-refractivity contribution in [2.75, 3.05) is 0 Å². The highest BCUT2D eigenvalue weighted by Crippen LogP contribution is 2.42. The number of hydrogen-bond acceptors (Lipinski definition) is 2. The van der Waals surface area contributed by atoms with Crippen LogP contribution in [0.3, 0.4) is 0 Å². The van der Waals surface area contributed by atoms with E-state index in [1.54, 1.807) is 11.1 Å². The second-order valence-corrected chi connectivity index (χ2v) is 4.81. The van der Waals surface area contributed by atoms with E-state index in [0.717, 1.165) is 11.1 Å². The Morgan fingerprint density at radius 3 is 2.14 bits per heavy atom. The van der Waals surface area contributed by atoms with Gasteiger partial charge in [-0.25, -0.2) is 4.79 Å². The van der Waals surface area contributed by atoms with E-state index in [1.165, 1.54) is 0 Å². The Bertz CT molecular complexity index is 675. The van der Waals surface area contributed by atoms with E-state index in [1.807, 2.05) is 60.7 Å². The third-order valence-electron chi connectivity index (χ3n) is 3.52. The van der Waals surface area contributed by atoms with Crippen molar-refractivity contribution in [1.82, 2.24) is 4.90 Å². The molecule has 0 radical (unpaired) electrons. The van der Waals surface area contributed by atoms with Crippen molar-refractivity contribution in [1.29, 1.82) is 0 Å². The first-order chi connectivity index (χ1) is 10.3. The first-order valence-corrected chi connectivity index (χ1v) is 6.76. The summed E-state index contributed by atoms with van der Waals surface area (Å²) in [5, 5.41) is 0. The van der Waals surface area contributed by atoms with Crippen molar-refractivity contribution in [2.24, 2.45) is 0 Å². The summed E-state index contributed by atoms with van der Waals surface area (Å²) in [5.41, 5.74) is 4.65. The Hall–Kier alpha value is -2.77. The van der Waals surface area contributed by atoms with Crippen LogP contribution < -0.4 is 0 Å². The van der Waals surface area contributed by atoms with Crippen LogP contribution in [-0.2, 0) is 4.74 Å². The molecule has 1 saturated heterocycles. The molecule has 0 saturated carbocycles. The lowest BCUT2D eigenvalue weighted by Gasteiger charge is -2.22. The maximum absolute atomic E-state index is 12.1. The molecule has 0 unspecified atom stereocenters. The first-order valence-electron chi connectivity index (χ1n) is 6.76. The summed E-state index contributed by atoms with van der Waals surface area (Å²) in [6.07, 6.45) is 0.822. The van der Waals surface area contributed by atoms with Gasteiger partial charge in [0.2, 0.25) is 0 Å². The Morgan fingerprint density at radius 1 is 1.00 bits per heavy atom.